The topological polar surface area (TPSA) is 69.6 Å². The maximum absolute atomic E-state index is 11.3. The first-order chi connectivity index (χ1) is 15.8. The van der Waals surface area contributed by atoms with Crippen molar-refractivity contribution in [1.29, 1.82) is 0 Å². The quantitative estimate of drug-likeness (QED) is 0.495. The summed E-state index contributed by atoms with van der Waals surface area (Å²) in [6.07, 6.45) is -4.56. The predicted molar refractivity (Wildman–Crippen MR) is 116 cm³/mol. The van der Waals surface area contributed by atoms with Crippen LogP contribution in [0.2, 0.25) is 0 Å². The van der Waals surface area contributed by atoms with Crippen molar-refractivity contribution in [3.63, 3.8) is 0 Å². The molecule has 3 aromatic carbocycles. The van der Waals surface area contributed by atoms with Crippen LogP contribution in [0.5, 0.6) is 0 Å². The van der Waals surface area contributed by atoms with Gasteiger partial charge in [-0.3, -0.25) is 0 Å². The standard InChI is InChI=1S/C25H27NO3/c1-18-6-2-11-22(14-18)24(27)17-26-13-5-8-19-7-3-9-20(15-19)21-10-4-12-23(16-21)25(28)29/h2-4,6-7,9-12,14-16,24,26-27H,5,8,13,17H2,1H3,(H,28,29)/t24-/m0/s1/i5D2,17D2,24D. The van der Waals surface area contributed by atoms with Gasteiger partial charge in [0.25, 0.3) is 0 Å². The second kappa shape index (κ2) is 10.0. The summed E-state index contributed by atoms with van der Waals surface area (Å²) in [7, 11) is 0. The molecule has 29 heavy (non-hydrogen) atoms. The highest BCUT2D eigenvalue weighted by atomic mass is 16.4. The molecule has 1 atom stereocenters. The first-order valence-corrected chi connectivity index (χ1v) is 9.28. The highest BCUT2D eigenvalue weighted by molar-refractivity contribution is 5.89. The van der Waals surface area contributed by atoms with Crippen molar-refractivity contribution in [3.8, 4) is 11.1 Å². The van der Waals surface area contributed by atoms with Crippen molar-refractivity contribution >= 4 is 5.97 Å². The van der Waals surface area contributed by atoms with E-state index in [-0.39, 0.29) is 17.5 Å². The minimum absolute atomic E-state index is 0.0522. The van der Waals surface area contributed by atoms with Crippen LogP contribution >= 0.6 is 0 Å². The summed E-state index contributed by atoms with van der Waals surface area (Å²) in [6.45, 7) is -1.29. The zero-order valence-electron chi connectivity index (χ0n) is 21.1. The number of aryl methyl sites for hydroxylation is 2. The van der Waals surface area contributed by atoms with Crippen LogP contribution in [0.1, 0.15) is 46.4 Å². The molecule has 0 amide bonds. The monoisotopic (exact) mass is 394 g/mol. The Bertz CT molecular complexity index is 1180. The Hall–Kier alpha value is -2.95. The molecule has 4 nitrogen and oxygen atoms in total. The van der Waals surface area contributed by atoms with E-state index in [1.165, 1.54) is 18.2 Å². The van der Waals surface area contributed by atoms with Crippen LogP contribution < -0.4 is 5.32 Å². The molecule has 0 bridgehead atoms. The molecule has 4 heteroatoms. The Morgan fingerprint density at radius 1 is 1.07 bits per heavy atom. The van der Waals surface area contributed by atoms with E-state index in [0.29, 0.717) is 11.1 Å². The molecule has 0 saturated heterocycles. The van der Waals surface area contributed by atoms with Gasteiger partial charge in [-0.2, -0.15) is 0 Å². The highest BCUT2D eigenvalue weighted by Crippen LogP contribution is 2.22. The smallest absolute Gasteiger partial charge is 0.335 e. The second-order valence-corrected chi connectivity index (χ2v) is 6.71. The summed E-state index contributed by atoms with van der Waals surface area (Å²) >= 11 is 0. The fourth-order valence-electron chi connectivity index (χ4n) is 2.95. The third-order valence-corrected chi connectivity index (χ3v) is 4.41. The zero-order chi connectivity index (χ0) is 25.1. The minimum atomic E-state index is -2.62. The van der Waals surface area contributed by atoms with Gasteiger partial charge in [-0.05, 0) is 60.6 Å². The summed E-state index contributed by atoms with van der Waals surface area (Å²) in [5.74, 6) is -1.03. The number of carbonyl (C=O) groups is 1. The van der Waals surface area contributed by atoms with Crippen molar-refractivity contribution in [3.05, 3.63) is 95.1 Å². The van der Waals surface area contributed by atoms with E-state index in [1.54, 1.807) is 61.5 Å². The predicted octanol–water partition coefficient (Wildman–Crippen LogP) is 4.62. The Kier molecular flexibility index (Phi) is 5.16. The lowest BCUT2D eigenvalue weighted by Crippen LogP contribution is -2.22. The van der Waals surface area contributed by atoms with E-state index in [4.69, 9.17) is 6.85 Å². The Morgan fingerprint density at radius 3 is 2.55 bits per heavy atom. The largest absolute Gasteiger partial charge is 0.478 e. The van der Waals surface area contributed by atoms with Gasteiger partial charge in [0.15, 0.2) is 0 Å². The molecule has 3 aromatic rings. The molecular weight excluding hydrogens is 362 g/mol. The minimum Gasteiger partial charge on any atom is -0.478 e. The van der Waals surface area contributed by atoms with E-state index in [0.717, 1.165) is 11.1 Å². The van der Waals surface area contributed by atoms with Crippen molar-refractivity contribution in [2.75, 3.05) is 13.0 Å². The first-order valence-electron chi connectivity index (χ1n) is 11.8. The molecule has 0 saturated carbocycles. The van der Waals surface area contributed by atoms with Crippen LogP contribution in [0.15, 0.2) is 72.8 Å². The lowest BCUT2D eigenvalue weighted by Gasteiger charge is -2.13. The number of aromatic carboxylic acids is 1. The van der Waals surface area contributed by atoms with Crippen LogP contribution in [0.25, 0.3) is 11.1 Å². The summed E-state index contributed by atoms with van der Waals surface area (Å²) in [5.41, 5.74) is 3.06. The number of carboxylic acid groups (broad SMARTS) is 1. The molecule has 0 aliphatic rings. The molecule has 150 valence electrons. The zero-order valence-corrected chi connectivity index (χ0v) is 16.1. The molecule has 3 N–H and O–H groups in total. The molecule has 0 aromatic heterocycles. The van der Waals surface area contributed by atoms with Crippen molar-refractivity contribution < 1.29 is 21.9 Å². The molecular formula is C25H27NO3. The van der Waals surface area contributed by atoms with E-state index < -0.39 is 31.5 Å². The normalized spacial score (nSPS) is 16.6. The van der Waals surface area contributed by atoms with Crippen LogP contribution in [0.3, 0.4) is 0 Å². The SMILES string of the molecule is [2H]C([2H])(CNC([2H])([2H])[C@]([2H])(O)c1cccc(C)c1)Cc1cccc(-c2cccc(C(=O)O)c2)c1. The lowest BCUT2D eigenvalue weighted by molar-refractivity contribution is 0.0697. The molecule has 0 unspecified atom stereocenters. The third-order valence-electron chi connectivity index (χ3n) is 4.41. The molecule has 0 aliphatic carbocycles. The third kappa shape index (κ3) is 6.01. The van der Waals surface area contributed by atoms with Gasteiger partial charge in [-0.15, -0.1) is 0 Å². The number of carboxylic acids is 1. The molecule has 0 radical (unpaired) electrons. The van der Waals surface area contributed by atoms with E-state index in [9.17, 15) is 15.0 Å². The first kappa shape index (κ1) is 15.0. The van der Waals surface area contributed by atoms with Crippen molar-refractivity contribution in [2.45, 2.75) is 25.8 Å². The molecule has 0 fully saturated rings. The van der Waals surface area contributed by atoms with Gasteiger partial charge >= 0.3 is 5.97 Å². The maximum Gasteiger partial charge on any atom is 0.335 e. The van der Waals surface area contributed by atoms with Gasteiger partial charge in [-0.25, -0.2) is 4.79 Å². The lowest BCUT2D eigenvalue weighted by atomic mass is 9.99. The molecule has 0 aliphatic heterocycles. The number of nitrogens with one attached hydrogen (secondary N) is 1. The summed E-state index contributed by atoms with van der Waals surface area (Å²) in [4.78, 5) is 11.3. The summed E-state index contributed by atoms with van der Waals surface area (Å²) < 4.78 is 41.4. The van der Waals surface area contributed by atoms with Gasteiger partial charge in [0.2, 0.25) is 0 Å². The van der Waals surface area contributed by atoms with Crippen LogP contribution in [0, 0.1) is 6.92 Å². The van der Waals surface area contributed by atoms with Gasteiger partial charge in [0, 0.05) is 12.0 Å². The highest BCUT2D eigenvalue weighted by Gasteiger charge is 2.07. The number of benzene rings is 3. The average molecular weight is 395 g/mol. The number of aliphatic hydroxyl groups is 1. The van der Waals surface area contributed by atoms with Crippen LogP contribution in [-0.4, -0.2) is 29.2 Å². The van der Waals surface area contributed by atoms with Crippen LogP contribution in [0.4, 0.5) is 0 Å². The number of hydrogen-bond acceptors (Lipinski definition) is 3. The second-order valence-electron chi connectivity index (χ2n) is 6.71. The fourth-order valence-corrected chi connectivity index (χ4v) is 2.95. The Labute approximate surface area is 178 Å². The number of hydrogen-bond donors (Lipinski definition) is 3. The summed E-state index contributed by atoms with van der Waals surface area (Å²) in [6, 6.07) is 19.9. The number of rotatable bonds is 9. The Balaban J connectivity index is 1.73. The van der Waals surface area contributed by atoms with Gasteiger partial charge in [0.1, 0.15) is 0 Å². The van der Waals surface area contributed by atoms with E-state index in [1.807, 2.05) is 0 Å². The van der Waals surface area contributed by atoms with E-state index >= 15 is 0 Å². The van der Waals surface area contributed by atoms with Gasteiger partial charge in [0.05, 0.1) is 13.0 Å². The molecule has 0 heterocycles. The fraction of sp³-hybridized carbons (Fsp3) is 0.240. The van der Waals surface area contributed by atoms with Gasteiger partial charge < -0.3 is 15.5 Å². The van der Waals surface area contributed by atoms with E-state index in [2.05, 4.69) is 5.32 Å². The molecule has 0 spiro atoms. The van der Waals surface area contributed by atoms with Crippen molar-refractivity contribution in [2.24, 2.45) is 0 Å². The summed E-state index contributed by atoms with van der Waals surface area (Å²) in [5, 5.41) is 22.2. The van der Waals surface area contributed by atoms with Crippen molar-refractivity contribution in [1.82, 2.24) is 5.32 Å². The maximum atomic E-state index is 11.3. The van der Waals surface area contributed by atoms with Gasteiger partial charge in [-0.1, -0.05) is 66.2 Å². The van der Waals surface area contributed by atoms with Crippen LogP contribution in [-0.2, 0) is 6.42 Å². The Morgan fingerprint density at radius 2 is 1.79 bits per heavy atom. The average Bonchev–Trinajstić information content (AvgIpc) is 2.78. The molecule has 3 rings (SSSR count).